The molecule has 0 amide bonds. The molecule has 5 nitrogen and oxygen atoms in total. The Kier molecular flexibility index (Phi) is 4.17. The van der Waals surface area contributed by atoms with Gasteiger partial charge >= 0.3 is 11.8 Å². The number of ether oxygens (including phenoxy) is 2. The summed E-state index contributed by atoms with van der Waals surface area (Å²) < 4.78 is 10.2. The molecule has 122 valence electrons. The van der Waals surface area contributed by atoms with Crippen LogP contribution in [-0.2, 0) is 19.1 Å². The maximum Gasteiger partial charge on any atom is 0.379 e. The number of esters is 1. The third-order valence-electron chi connectivity index (χ3n) is 4.31. The van der Waals surface area contributed by atoms with Crippen LogP contribution < -0.4 is 0 Å². The molecule has 1 aromatic rings. The number of carbonyl (C=O) groups is 2. The molecule has 2 aliphatic rings. The number of halogens is 1. The van der Waals surface area contributed by atoms with Gasteiger partial charge < -0.3 is 14.6 Å². The Balaban J connectivity index is 2.08. The molecule has 0 spiro atoms. The van der Waals surface area contributed by atoms with Crippen molar-refractivity contribution in [2.24, 2.45) is 0 Å². The predicted octanol–water partition coefficient (Wildman–Crippen LogP) is 2.71. The van der Waals surface area contributed by atoms with Crippen molar-refractivity contribution in [3.63, 3.8) is 0 Å². The summed E-state index contributed by atoms with van der Waals surface area (Å²) in [6.45, 7) is 0. The second-order valence-electron chi connectivity index (χ2n) is 5.80. The first-order valence-corrected chi connectivity index (χ1v) is 7.84. The van der Waals surface area contributed by atoms with Gasteiger partial charge in [-0.05, 0) is 24.1 Å². The van der Waals surface area contributed by atoms with Gasteiger partial charge in [-0.1, -0.05) is 23.7 Å². The number of carbonyl (C=O) groups excluding carboxylic acids is 2. The molecule has 1 aromatic carbocycles. The lowest BCUT2D eigenvalue weighted by Gasteiger charge is -2.39. The van der Waals surface area contributed by atoms with Crippen LogP contribution in [0.3, 0.4) is 0 Å². The maximum atomic E-state index is 12.4. The highest BCUT2D eigenvalue weighted by Crippen LogP contribution is 2.45. The summed E-state index contributed by atoms with van der Waals surface area (Å²) in [5, 5.41) is 11.2. The number of hydrogen-bond acceptors (Lipinski definition) is 5. The van der Waals surface area contributed by atoms with Crippen LogP contribution in [0.2, 0.25) is 5.02 Å². The van der Waals surface area contributed by atoms with Crippen molar-refractivity contribution in [3.8, 4) is 0 Å². The number of benzene rings is 1. The molecule has 0 aromatic heterocycles. The summed E-state index contributed by atoms with van der Waals surface area (Å²) in [7, 11) is 1.19. The Morgan fingerprint density at radius 2 is 2.04 bits per heavy atom. The average Bonchev–Trinajstić information content (AvgIpc) is 2.54. The van der Waals surface area contributed by atoms with Crippen LogP contribution in [0.5, 0.6) is 0 Å². The van der Waals surface area contributed by atoms with E-state index < -0.39 is 17.7 Å². The second-order valence-corrected chi connectivity index (χ2v) is 6.24. The highest BCUT2D eigenvalue weighted by molar-refractivity contribution is 6.30. The van der Waals surface area contributed by atoms with Crippen LogP contribution in [0.15, 0.2) is 35.6 Å². The molecular weight excluding hydrogens is 320 g/mol. The van der Waals surface area contributed by atoms with E-state index in [0.29, 0.717) is 35.6 Å². The summed E-state index contributed by atoms with van der Waals surface area (Å²) in [5.74, 6) is -2.97. The van der Waals surface area contributed by atoms with E-state index in [1.807, 2.05) is 0 Å². The van der Waals surface area contributed by atoms with E-state index in [0.717, 1.165) is 5.56 Å². The van der Waals surface area contributed by atoms with Crippen molar-refractivity contribution >= 4 is 23.4 Å². The number of hydrogen-bond donors (Lipinski definition) is 1. The van der Waals surface area contributed by atoms with Crippen molar-refractivity contribution < 1.29 is 24.2 Å². The Labute approximate surface area is 138 Å². The monoisotopic (exact) mass is 336 g/mol. The van der Waals surface area contributed by atoms with Gasteiger partial charge in [-0.2, -0.15) is 0 Å². The molecule has 1 heterocycles. The van der Waals surface area contributed by atoms with Gasteiger partial charge in [0.1, 0.15) is 5.76 Å². The Morgan fingerprint density at radius 3 is 2.70 bits per heavy atom. The van der Waals surface area contributed by atoms with Crippen molar-refractivity contribution in [1.29, 1.82) is 0 Å². The molecular formula is C17H17ClO5. The molecule has 1 aliphatic carbocycles. The van der Waals surface area contributed by atoms with E-state index in [-0.39, 0.29) is 12.2 Å². The first-order chi connectivity index (χ1) is 10.9. The molecule has 6 heteroatoms. The molecule has 0 bridgehead atoms. The van der Waals surface area contributed by atoms with Crippen LogP contribution >= 0.6 is 11.6 Å². The summed E-state index contributed by atoms with van der Waals surface area (Å²) in [4.78, 5) is 24.3. The number of ketones is 1. The number of methoxy groups -OCH3 is 1. The van der Waals surface area contributed by atoms with E-state index in [4.69, 9.17) is 16.3 Å². The highest BCUT2D eigenvalue weighted by atomic mass is 35.5. The standard InChI is InChI=1S/C17H17ClO5/c1-22-16(20)17(21)9-12(10-5-7-11(18)8-6-10)15-13(19)3-2-4-14(15)23-17/h5-8,12,21H,2-4,9H2,1H3/t12-,17?/m1/s1. The third kappa shape index (κ3) is 2.86. The minimum Gasteiger partial charge on any atom is -0.464 e. The first kappa shape index (κ1) is 16.0. The van der Waals surface area contributed by atoms with Crippen LogP contribution in [-0.4, -0.2) is 29.8 Å². The lowest BCUT2D eigenvalue weighted by molar-refractivity contribution is -0.222. The van der Waals surface area contributed by atoms with Crippen molar-refractivity contribution in [1.82, 2.24) is 0 Å². The largest absolute Gasteiger partial charge is 0.464 e. The van der Waals surface area contributed by atoms with E-state index in [1.54, 1.807) is 24.3 Å². The van der Waals surface area contributed by atoms with Crippen LogP contribution in [0.1, 0.15) is 37.2 Å². The molecule has 23 heavy (non-hydrogen) atoms. The number of rotatable bonds is 2. The van der Waals surface area contributed by atoms with Crippen molar-refractivity contribution in [2.75, 3.05) is 7.11 Å². The van der Waals surface area contributed by atoms with E-state index >= 15 is 0 Å². The third-order valence-corrected chi connectivity index (χ3v) is 4.56. The number of allylic oxidation sites excluding steroid dienone is 2. The highest BCUT2D eigenvalue weighted by Gasteiger charge is 2.50. The molecule has 1 N–H and O–H groups in total. The second kappa shape index (κ2) is 5.98. The van der Waals surface area contributed by atoms with Crippen molar-refractivity contribution in [2.45, 2.75) is 37.4 Å². The molecule has 0 saturated carbocycles. The Morgan fingerprint density at radius 1 is 1.35 bits per heavy atom. The molecule has 3 rings (SSSR count). The van der Waals surface area contributed by atoms with Gasteiger partial charge in [0, 0.05) is 35.8 Å². The van der Waals surface area contributed by atoms with Gasteiger partial charge in [-0.15, -0.1) is 0 Å². The van der Waals surface area contributed by atoms with Gasteiger partial charge in [-0.3, -0.25) is 4.79 Å². The first-order valence-electron chi connectivity index (χ1n) is 7.46. The van der Waals surface area contributed by atoms with Crippen LogP contribution in [0.4, 0.5) is 0 Å². The fourth-order valence-corrected chi connectivity index (χ4v) is 3.34. The van der Waals surface area contributed by atoms with Crippen molar-refractivity contribution in [3.05, 3.63) is 46.2 Å². The van der Waals surface area contributed by atoms with Gasteiger partial charge in [0.2, 0.25) is 0 Å². The topological polar surface area (TPSA) is 72.8 Å². The quantitative estimate of drug-likeness (QED) is 0.841. The number of aliphatic hydroxyl groups is 1. The van der Waals surface area contributed by atoms with E-state index in [2.05, 4.69) is 4.74 Å². The predicted molar refractivity (Wildman–Crippen MR) is 82.7 cm³/mol. The van der Waals surface area contributed by atoms with Gasteiger partial charge in [-0.25, -0.2) is 4.79 Å². The fourth-order valence-electron chi connectivity index (χ4n) is 3.22. The summed E-state index contributed by atoms with van der Waals surface area (Å²) in [6, 6.07) is 7.03. The van der Waals surface area contributed by atoms with Gasteiger partial charge in [0.15, 0.2) is 5.78 Å². The molecule has 0 radical (unpaired) electrons. The lowest BCUT2D eigenvalue weighted by atomic mass is 9.77. The minimum atomic E-state index is -2.07. The van der Waals surface area contributed by atoms with Gasteiger partial charge in [0.05, 0.1) is 7.11 Å². The lowest BCUT2D eigenvalue weighted by Crippen LogP contribution is -2.47. The average molecular weight is 337 g/mol. The zero-order valence-electron chi connectivity index (χ0n) is 12.7. The molecule has 1 unspecified atom stereocenters. The summed E-state index contributed by atoms with van der Waals surface area (Å²) >= 11 is 5.92. The maximum absolute atomic E-state index is 12.4. The SMILES string of the molecule is COC(=O)C1(O)C[C@H](c2ccc(Cl)cc2)C2=C(CCCC2=O)O1. The van der Waals surface area contributed by atoms with Gasteiger partial charge in [0.25, 0.3) is 0 Å². The van der Waals surface area contributed by atoms with E-state index in [9.17, 15) is 14.7 Å². The molecule has 0 saturated heterocycles. The summed E-state index contributed by atoms with van der Waals surface area (Å²) in [5.41, 5.74) is 1.36. The minimum absolute atomic E-state index is 0.00174. The number of Topliss-reactive ketones (excluding diaryl/α,β-unsaturated/α-hetero) is 1. The zero-order chi connectivity index (χ0) is 16.6. The zero-order valence-corrected chi connectivity index (χ0v) is 13.4. The normalized spacial score (nSPS) is 27.3. The van der Waals surface area contributed by atoms with E-state index in [1.165, 1.54) is 7.11 Å². The van der Waals surface area contributed by atoms with Crippen LogP contribution in [0.25, 0.3) is 0 Å². The molecule has 1 aliphatic heterocycles. The smallest absolute Gasteiger partial charge is 0.379 e. The Bertz CT molecular complexity index is 679. The molecule has 2 atom stereocenters. The fraction of sp³-hybridized carbons (Fsp3) is 0.412. The Hall–Kier alpha value is -1.85. The summed E-state index contributed by atoms with van der Waals surface area (Å²) in [6.07, 6.45) is 1.54. The van der Waals surface area contributed by atoms with Crippen LogP contribution in [0, 0.1) is 0 Å². The molecule has 0 fully saturated rings.